The highest BCUT2D eigenvalue weighted by molar-refractivity contribution is 6.59. The van der Waals surface area contributed by atoms with Crippen LogP contribution in [-0.2, 0) is 0 Å². The van der Waals surface area contributed by atoms with Crippen LogP contribution in [0.4, 0.5) is 4.39 Å². The maximum Gasteiger partial charge on any atom is 0.492 e. The summed E-state index contributed by atoms with van der Waals surface area (Å²) in [6.07, 6.45) is 0. The van der Waals surface area contributed by atoms with Crippen molar-refractivity contribution in [3.8, 4) is 5.75 Å². The van der Waals surface area contributed by atoms with Crippen LogP contribution in [0.2, 0.25) is 0 Å². The molecule has 0 aliphatic carbocycles. The predicted molar refractivity (Wildman–Crippen MR) is 49.7 cm³/mol. The molecule has 5 nitrogen and oxygen atoms in total. The van der Waals surface area contributed by atoms with E-state index in [2.05, 4.69) is 4.74 Å². The molecular formula is C8H8BFO5. The molecule has 0 unspecified atom stereocenters. The summed E-state index contributed by atoms with van der Waals surface area (Å²) in [4.78, 5) is 10.6. The zero-order valence-electron chi connectivity index (χ0n) is 7.77. The Labute approximate surface area is 84.9 Å². The van der Waals surface area contributed by atoms with Crippen LogP contribution in [0.15, 0.2) is 12.1 Å². The largest absolute Gasteiger partial charge is 0.494 e. The van der Waals surface area contributed by atoms with Gasteiger partial charge in [0.2, 0.25) is 0 Å². The molecule has 1 aromatic rings. The molecule has 0 atom stereocenters. The molecule has 0 amide bonds. The van der Waals surface area contributed by atoms with Crippen LogP contribution in [0.25, 0.3) is 0 Å². The zero-order valence-corrected chi connectivity index (χ0v) is 7.77. The SMILES string of the molecule is COc1c(F)cc(C(=O)O)cc1B(O)O. The molecule has 0 aromatic heterocycles. The van der Waals surface area contributed by atoms with Gasteiger partial charge in [-0.3, -0.25) is 0 Å². The van der Waals surface area contributed by atoms with Gasteiger partial charge in [0.25, 0.3) is 0 Å². The fourth-order valence-electron chi connectivity index (χ4n) is 1.15. The molecule has 0 aliphatic heterocycles. The average Bonchev–Trinajstić information content (AvgIpc) is 2.16. The Bertz CT molecular complexity index is 393. The van der Waals surface area contributed by atoms with Gasteiger partial charge in [0.15, 0.2) is 11.6 Å². The van der Waals surface area contributed by atoms with Gasteiger partial charge in [-0.15, -0.1) is 0 Å². The number of hydrogen-bond acceptors (Lipinski definition) is 4. The predicted octanol–water partition coefficient (Wildman–Crippen LogP) is -0.788. The third kappa shape index (κ3) is 2.25. The highest BCUT2D eigenvalue weighted by Crippen LogP contribution is 2.16. The second-order valence-electron chi connectivity index (χ2n) is 2.76. The van der Waals surface area contributed by atoms with Crippen LogP contribution in [0, 0.1) is 5.82 Å². The molecule has 1 rings (SSSR count). The molecule has 80 valence electrons. The molecule has 3 N–H and O–H groups in total. The summed E-state index contributed by atoms with van der Waals surface area (Å²) in [6, 6.07) is 1.68. The van der Waals surface area contributed by atoms with Gasteiger partial charge in [-0.05, 0) is 12.1 Å². The number of carboxylic acids is 1. The van der Waals surface area contributed by atoms with E-state index < -0.39 is 18.9 Å². The molecule has 15 heavy (non-hydrogen) atoms. The Morgan fingerprint density at radius 1 is 1.47 bits per heavy atom. The molecule has 7 heteroatoms. The van der Waals surface area contributed by atoms with Crippen molar-refractivity contribution in [3.63, 3.8) is 0 Å². The van der Waals surface area contributed by atoms with Crippen molar-refractivity contribution < 1.29 is 29.1 Å². The minimum absolute atomic E-state index is 0.324. The Hall–Kier alpha value is -1.60. The van der Waals surface area contributed by atoms with Gasteiger partial charge in [0, 0.05) is 5.46 Å². The van der Waals surface area contributed by atoms with Crippen LogP contribution < -0.4 is 10.2 Å². The number of halogens is 1. The van der Waals surface area contributed by atoms with E-state index in [0.717, 1.165) is 19.2 Å². The third-order valence-corrected chi connectivity index (χ3v) is 1.80. The van der Waals surface area contributed by atoms with E-state index in [1.807, 2.05) is 0 Å². The van der Waals surface area contributed by atoms with Crippen molar-refractivity contribution in [2.45, 2.75) is 0 Å². The summed E-state index contributed by atoms with van der Waals surface area (Å²) in [6.45, 7) is 0. The quantitative estimate of drug-likeness (QED) is 0.574. The average molecular weight is 214 g/mol. The summed E-state index contributed by atoms with van der Waals surface area (Å²) in [5, 5.41) is 26.4. The Balaban J connectivity index is 3.38. The van der Waals surface area contributed by atoms with E-state index >= 15 is 0 Å². The van der Waals surface area contributed by atoms with Crippen molar-refractivity contribution in [3.05, 3.63) is 23.5 Å². The highest BCUT2D eigenvalue weighted by Gasteiger charge is 2.22. The van der Waals surface area contributed by atoms with Gasteiger partial charge in [-0.1, -0.05) is 0 Å². The lowest BCUT2D eigenvalue weighted by molar-refractivity contribution is 0.0696. The highest BCUT2D eigenvalue weighted by atomic mass is 19.1. The van der Waals surface area contributed by atoms with E-state index in [1.165, 1.54) is 0 Å². The van der Waals surface area contributed by atoms with E-state index in [0.29, 0.717) is 0 Å². The van der Waals surface area contributed by atoms with Gasteiger partial charge in [-0.25, -0.2) is 9.18 Å². The summed E-state index contributed by atoms with van der Waals surface area (Å²) in [5.74, 6) is -2.70. The number of methoxy groups -OCH3 is 1. The topological polar surface area (TPSA) is 87.0 Å². The molecule has 0 spiro atoms. The lowest BCUT2D eigenvalue weighted by atomic mass is 9.78. The van der Waals surface area contributed by atoms with Gasteiger partial charge in [-0.2, -0.15) is 0 Å². The maximum absolute atomic E-state index is 13.2. The van der Waals surface area contributed by atoms with E-state index in [4.69, 9.17) is 15.2 Å². The summed E-state index contributed by atoms with van der Waals surface area (Å²) >= 11 is 0. The van der Waals surface area contributed by atoms with Gasteiger partial charge in [0.1, 0.15) is 0 Å². The molecule has 0 heterocycles. The van der Waals surface area contributed by atoms with E-state index in [1.54, 1.807) is 0 Å². The van der Waals surface area contributed by atoms with Crippen molar-refractivity contribution >= 4 is 18.6 Å². The van der Waals surface area contributed by atoms with Crippen LogP contribution >= 0.6 is 0 Å². The Morgan fingerprint density at radius 2 is 2.07 bits per heavy atom. The fourth-order valence-corrected chi connectivity index (χ4v) is 1.15. The number of rotatable bonds is 3. The Kier molecular flexibility index (Phi) is 3.28. The summed E-state index contributed by atoms with van der Waals surface area (Å²) in [7, 11) is -0.848. The molecular weight excluding hydrogens is 206 g/mol. The number of aromatic carboxylic acids is 1. The maximum atomic E-state index is 13.2. The van der Waals surface area contributed by atoms with Crippen LogP contribution in [0.1, 0.15) is 10.4 Å². The van der Waals surface area contributed by atoms with Crippen LogP contribution in [0.3, 0.4) is 0 Å². The van der Waals surface area contributed by atoms with Gasteiger partial charge < -0.3 is 19.9 Å². The zero-order chi connectivity index (χ0) is 11.6. The number of benzene rings is 1. The lowest BCUT2D eigenvalue weighted by Gasteiger charge is -2.09. The first-order valence-corrected chi connectivity index (χ1v) is 3.94. The van der Waals surface area contributed by atoms with Gasteiger partial charge >= 0.3 is 13.1 Å². The Morgan fingerprint density at radius 3 is 2.47 bits per heavy atom. The molecule has 1 aromatic carbocycles. The van der Waals surface area contributed by atoms with Crippen molar-refractivity contribution in [1.29, 1.82) is 0 Å². The van der Waals surface area contributed by atoms with Crippen molar-refractivity contribution in [1.82, 2.24) is 0 Å². The molecule has 0 bridgehead atoms. The number of ether oxygens (including phenoxy) is 1. The summed E-state index contributed by atoms with van der Waals surface area (Å²) in [5.41, 5.74) is -0.702. The first-order valence-electron chi connectivity index (χ1n) is 3.94. The normalized spacial score (nSPS) is 9.87. The number of carbonyl (C=O) groups is 1. The number of hydrogen-bond donors (Lipinski definition) is 3. The third-order valence-electron chi connectivity index (χ3n) is 1.80. The monoisotopic (exact) mass is 214 g/mol. The fraction of sp³-hybridized carbons (Fsp3) is 0.125. The first kappa shape index (κ1) is 11.5. The number of carboxylic acid groups (broad SMARTS) is 1. The molecule has 0 radical (unpaired) electrons. The molecule has 0 saturated heterocycles. The van der Waals surface area contributed by atoms with Crippen molar-refractivity contribution in [2.75, 3.05) is 7.11 Å². The minimum atomic E-state index is -1.99. The smallest absolute Gasteiger partial charge is 0.492 e. The summed E-state index contributed by atoms with van der Waals surface area (Å²) < 4.78 is 17.8. The van der Waals surface area contributed by atoms with Crippen LogP contribution in [-0.4, -0.2) is 35.4 Å². The van der Waals surface area contributed by atoms with E-state index in [-0.39, 0.29) is 16.8 Å². The van der Waals surface area contributed by atoms with Crippen molar-refractivity contribution in [2.24, 2.45) is 0 Å². The van der Waals surface area contributed by atoms with Crippen LogP contribution in [0.5, 0.6) is 5.75 Å². The molecule has 0 aliphatic rings. The second-order valence-corrected chi connectivity index (χ2v) is 2.76. The van der Waals surface area contributed by atoms with Gasteiger partial charge in [0.05, 0.1) is 12.7 Å². The first-order chi connectivity index (χ1) is 6.97. The molecule has 0 fully saturated rings. The second kappa shape index (κ2) is 4.29. The standard InChI is InChI=1S/C8H8BFO5/c1-15-7-5(9(13)14)2-4(8(11)12)3-6(7)10/h2-3,13-14H,1H3,(H,11,12). The minimum Gasteiger partial charge on any atom is -0.494 e. The molecule has 0 saturated carbocycles. The van der Waals surface area contributed by atoms with E-state index in [9.17, 15) is 9.18 Å². The lowest BCUT2D eigenvalue weighted by Crippen LogP contribution is -2.32.